The fraction of sp³-hybridized carbons (Fsp3) is 0.125. The van der Waals surface area contributed by atoms with Gasteiger partial charge >= 0.3 is 12.0 Å². The van der Waals surface area contributed by atoms with Crippen molar-refractivity contribution in [1.82, 2.24) is 0 Å². The summed E-state index contributed by atoms with van der Waals surface area (Å²) in [6, 6.07) is 13.1. The fourth-order valence-corrected chi connectivity index (χ4v) is 1.84. The molecule has 6 nitrogen and oxygen atoms in total. The zero-order valence-electron chi connectivity index (χ0n) is 12.3. The Balaban J connectivity index is 2.01. The molecule has 2 aromatic carbocycles. The van der Waals surface area contributed by atoms with Crippen LogP contribution < -0.4 is 15.4 Å². The summed E-state index contributed by atoms with van der Waals surface area (Å²) in [4.78, 5) is 23.3. The molecule has 2 N–H and O–H groups in total. The molecule has 114 valence electrons. The lowest BCUT2D eigenvalue weighted by molar-refractivity contribution is 0.0601. The lowest BCUT2D eigenvalue weighted by Crippen LogP contribution is -2.19. The van der Waals surface area contributed by atoms with Crippen molar-refractivity contribution in [2.24, 2.45) is 0 Å². The van der Waals surface area contributed by atoms with E-state index in [1.807, 2.05) is 6.07 Å². The molecule has 2 amide bonds. The summed E-state index contributed by atoms with van der Waals surface area (Å²) in [6.07, 6.45) is 0. The molecule has 0 radical (unpaired) electrons. The molecular formula is C16H16N2O4. The first-order valence-corrected chi connectivity index (χ1v) is 6.53. The van der Waals surface area contributed by atoms with Gasteiger partial charge < -0.3 is 20.1 Å². The topological polar surface area (TPSA) is 76.7 Å². The number of para-hydroxylation sites is 2. The minimum Gasteiger partial charge on any atom is -0.495 e. The molecule has 0 spiro atoms. The standard InChI is InChI=1S/C16H16N2O4/c1-21-14-6-4-3-5-13(14)18-16(20)17-12-9-7-11(8-10-12)15(19)22-2/h3-10H,1-2H3,(H2,17,18,20). The van der Waals surface area contributed by atoms with Gasteiger partial charge in [0, 0.05) is 5.69 Å². The minimum atomic E-state index is -0.426. The summed E-state index contributed by atoms with van der Waals surface area (Å²) >= 11 is 0. The van der Waals surface area contributed by atoms with Gasteiger partial charge in [-0.1, -0.05) is 12.1 Å². The quantitative estimate of drug-likeness (QED) is 0.850. The van der Waals surface area contributed by atoms with E-state index in [1.54, 1.807) is 42.5 Å². The van der Waals surface area contributed by atoms with E-state index in [0.717, 1.165) is 0 Å². The third-order valence-electron chi connectivity index (χ3n) is 2.92. The Labute approximate surface area is 128 Å². The second-order valence-electron chi connectivity index (χ2n) is 4.35. The van der Waals surface area contributed by atoms with Crippen molar-refractivity contribution in [3.63, 3.8) is 0 Å². The Morgan fingerprint density at radius 3 is 2.23 bits per heavy atom. The van der Waals surface area contributed by atoms with Crippen molar-refractivity contribution in [3.05, 3.63) is 54.1 Å². The maximum atomic E-state index is 12.0. The summed E-state index contributed by atoms with van der Waals surface area (Å²) in [5, 5.41) is 5.36. The molecule has 0 heterocycles. The van der Waals surface area contributed by atoms with Crippen molar-refractivity contribution >= 4 is 23.4 Å². The first-order chi connectivity index (χ1) is 10.6. The Bertz CT molecular complexity index is 668. The zero-order chi connectivity index (χ0) is 15.9. The van der Waals surface area contributed by atoms with E-state index in [0.29, 0.717) is 22.7 Å². The number of benzene rings is 2. The van der Waals surface area contributed by atoms with E-state index < -0.39 is 12.0 Å². The van der Waals surface area contributed by atoms with Crippen molar-refractivity contribution in [2.45, 2.75) is 0 Å². The number of esters is 1. The average molecular weight is 300 g/mol. The Kier molecular flexibility index (Phi) is 4.98. The van der Waals surface area contributed by atoms with Crippen LogP contribution in [0.15, 0.2) is 48.5 Å². The van der Waals surface area contributed by atoms with Crippen molar-refractivity contribution < 1.29 is 19.1 Å². The highest BCUT2D eigenvalue weighted by molar-refractivity contribution is 6.01. The second kappa shape index (κ2) is 7.12. The number of carbonyl (C=O) groups is 2. The van der Waals surface area contributed by atoms with Crippen LogP contribution in [-0.2, 0) is 4.74 Å². The Morgan fingerprint density at radius 2 is 1.59 bits per heavy atom. The van der Waals surface area contributed by atoms with E-state index in [9.17, 15) is 9.59 Å². The number of carbonyl (C=O) groups excluding carboxylic acids is 2. The van der Waals surface area contributed by atoms with Crippen molar-refractivity contribution in [3.8, 4) is 5.75 Å². The van der Waals surface area contributed by atoms with Crippen LogP contribution in [0.1, 0.15) is 10.4 Å². The predicted molar refractivity (Wildman–Crippen MR) is 83.4 cm³/mol. The fourth-order valence-electron chi connectivity index (χ4n) is 1.84. The third-order valence-corrected chi connectivity index (χ3v) is 2.92. The highest BCUT2D eigenvalue weighted by atomic mass is 16.5. The van der Waals surface area contributed by atoms with Crippen LogP contribution in [0.2, 0.25) is 0 Å². The van der Waals surface area contributed by atoms with Gasteiger partial charge in [-0.3, -0.25) is 0 Å². The molecule has 0 bridgehead atoms. The highest BCUT2D eigenvalue weighted by Crippen LogP contribution is 2.23. The van der Waals surface area contributed by atoms with Crippen LogP contribution in [0.5, 0.6) is 5.75 Å². The second-order valence-corrected chi connectivity index (χ2v) is 4.35. The summed E-state index contributed by atoms with van der Waals surface area (Å²) in [6.45, 7) is 0. The monoisotopic (exact) mass is 300 g/mol. The molecule has 0 aliphatic carbocycles. The van der Waals surface area contributed by atoms with E-state index in [4.69, 9.17) is 4.74 Å². The van der Waals surface area contributed by atoms with E-state index in [2.05, 4.69) is 15.4 Å². The van der Waals surface area contributed by atoms with Crippen LogP contribution in [0.3, 0.4) is 0 Å². The number of anilines is 2. The van der Waals surface area contributed by atoms with Gasteiger partial charge in [-0.05, 0) is 36.4 Å². The van der Waals surface area contributed by atoms with Crippen LogP contribution in [-0.4, -0.2) is 26.2 Å². The highest BCUT2D eigenvalue weighted by Gasteiger charge is 2.08. The first-order valence-electron chi connectivity index (χ1n) is 6.53. The number of rotatable bonds is 4. The third kappa shape index (κ3) is 3.76. The van der Waals surface area contributed by atoms with E-state index >= 15 is 0 Å². The number of hydrogen-bond acceptors (Lipinski definition) is 4. The normalized spacial score (nSPS) is 9.73. The smallest absolute Gasteiger partial charge is 0.337 e. The number of urea groups is 1. The van der Waals surface area contributed by atoms with E-state index in [-0.39, 0.29) is 0 Å². The van der Waals surface area contributed by atoms with Gasteiger partial charge in [-0.2, -0.15) is 0 Å². The molecule has 0 saturated heterocycles. The molecule has 0 aliphatic heterocycles. The first kappa shape index (κ1) is 15.4. The van der Waals surface area contributed by atoms with Crippen LogP contribution in [0.4, 0.5) is 16.2 Å². The van der Waals surface area contributed by atoms with Gasteiger partial charge in [0.05, 0.1) is 25.5 Å². The summed E-state index contributed by atoms with van der Waals surface area (Å²) in [5.41, 5.74) is 1.53. The van der Waals surface area contributed by atoms with Gasteiger partial charge in [-0.15, -0.1) is 0 Å². The Morgan fingerprint density at radius 1 is 0.909 bits per heavy atom. The molecule has 6 heteroatoms. The maximum absolute atomic E-state index is 12.0. The molecular weight excluding hydrogens is 284 g/mol. The summed E-state index contributed by atoms with van der Waals surface area (Å²) < 4.78 is 9.77. The number of ether oxygens (including phenoxy) is 2. The van der Waals surface area contributed by atoms with Crippen LogP contribution in [0, 0.1) is 0 Å². The lowest BCUT2D eigenvalue weighted by Gasteiger charge is -2.11. The SMILES string of the molecule is COC(=O)c1ccc(NC(=O)Nc2ccccc2OC)cc1. The molecule has 0 fully saturated rings. The zero-order valence-corrected chi connectivity index (χ0v) is 12.3. The molecule has 2 aromatic rings. The lowest BCUT2D eigenvalue weighted by atomic mass is 10.2. The van der Waals surface area contributed by atoms with Gasteiger partial charge in [0.25, 0.3) is 0 Å². The molecule has 22 heavy (non-hydrogen) atoms. The number of methoxy groups -OCH3 is 2. The van der Waals surface area contributed by atoms with Crippen molar-refractivity contribution in [2.75, 3.05) is 24.9 Å². The molecule has 0 atom stereocenters. The molecule has 0 aliphatic rings. The number of nitrogens with one attached hydrogen (secondary N) is 2. The average Bonchev–Trinajstić information content (AvgIpc) is 2.55. The van der Waals surface area contributed by atoms with Crippen LogP contribution in [0.25, 0.3) is 0 Å². The predicted octanol–water partition coefficient (Wildman–Crippen LogP) is 3.13. The maximum Gasteiger partial charge on any atom is 0.337 e. The number of hydrogen-bond donors (Lipinski definition) is 2. The minimum absolute atomic E-state index is 0.407. The van der Waals surface area contributed by atoms with Crippen LogP contribution >= 0.6 is 0 Å². The van der Waals surface area contributed by atoms with Gasteiger partial charge in [0.2, 0.25) is 0 Å². The Hall–Kier alpha value is -3.02. The largest absolute Gasteiger partial charge is 0.495 e. The molecule has 0 unspecified atom stereocenters. The molecule has 0 saturated carbocycles. The number of amides is 2. The van der Waals surface area contributed by atoms with E-state index in [1.165, 1.54) is 14.2 Å². The van der Waals surface area contributed by atoms with Gasteiger partial charge in [0.1, 0.15) is 5.75 Å². The van der Waals surface area contributed by atoms with Gasteiger partial charge in [0.15, 0.2) is 0 Å². The summed E-state index contributed by atoms with van der Waals surface area (Å²) in [5.74, 6) is 0.142. The molecule has 2 rings (SSSR count). The van der Waals surface area contributed by atoms with Crippen molar-refractivity contribution in [1.29, 1.82) is 0 Å². The molecule has 0 aromatic heterocycles. The van der Waals surface area contributed by atoms with Gasteiger partial charge in [-0.25, -0.2) is 9.59 Å². The summed E-state index contributed by atoms with van der Waals surface area (Å²) in [7, 11) is 2.85.